The molecule has 0 spiro atoms. The Morgan fingerprint density at radius 3 is 2.32 bits per heavy atom. The Hall–Kier alpha value is -2.51. The molecule has 2 heterocycles. The number of amides is 1. The third kappa shape index (κ3) is 3.62. The van der Waals surface area contributed by atoms with E-state index in [1.54, 1.807) is 11.1 Å². The molecule has 0 N–H and O–H groups in total. The molecule has 1 fully saturated rings. The number of piperazine rings is 1. The summed E-state index contributed by atoms with van der Waals surface area (Å²) in [5.74, 6) is 0.635. The van der Waals surface area contributed by atoms with Crippen LogP contribution in [0.1, 0.15) is 22.8 Å². The van der Waals surface area contributed by atoms with Crippen molar-refractivity contribution < 1.29 is 18.0 Å². The minimum absolute atomic E-state index is 0.243. The number of nitrogens with zero attached hydrogens (tertiary/aromatic N) is 4. The lowest BCUT2D eigenvalue weighted by atomic mass is 10.1. The molecule has 8 heteroatoms. The van der Waals surface area contributed by atoms with Crippen molar-refractivity contribution >= 4 is 11.9 Å². The van der Waals surface area contributed by atoms with E-state index in [1.807, 2.05) is 17.7 Å². The Morgan fingerprint density at radius 1 is 1.12 bits per heavy atom. The first kappa shape index (κ1) is 17.3. The molecule has 1 aliphatic rings. The Bertz CT molecular complexity index is 731. The molecule has 0 atom stereocenters. The zero-order chi connectivity index (χ0) is 18.0. The van der Waals surface area contributed by atoms with Crippen LogP contribution in [0.3, 0.4) is 0 Å². The Balaban J connectivity index is 1.63. The number of carbonyl (C=O) groups excluding carboxylic acids is 1. The van der Waals surface area contributed by atoms with Crippen molar-refractivity contribution in [3.63, 3.8) is 0 Å². The van der Waals surface area contributed by atoms with Gasteiger partial charge in [-0.1, -0.05) is 0 Å². The molecule has 2 aromatic rings. The van der Waals surface area contributed by atoms with Crippen molar-refractivity contribution in [3.8, 4) is 0 Å². The average molecular weight is 352 g/mol. The normalized spacial score (nSPS) is 15.5. The van der Waals surface area contributed by atoms with Gasteiger partial charge in [-0.15, -0.1) is 0 Å². The van der Waals surface area contributed by atoms with Gasteiger partial charge in [0.25, 0.3) is 5.91 Å². The molecule has 25 heavy (non-hydrogen) atoms. The molecular formula is C17H19F3N4O. The standard InChI is InChI=1S/C17H19F3N4O/c1-2-22-8-7-21-16(22)24-11-9-23(10-12-24)15(25)13-3-5-14(6-4-13)17(18,19)20/h3-8H,2,9-12H2,1H3. The van der Waals surface area contributed by atoms with E-state index in [9.17, 15) is 18.0 Å². The molecule has 134 valence electrons. The fourth-order valence-electron chi connectivity index (χ4n) is 2.93. The molecule has 0 saturated carbocycles. The molecule has 1 aliphatic heterocycles. The van der Waals surface area contributed by atoms with Gasteiger partial charge in [-0.3, -0.25) is 4.79 Å². The summed E-state index contributed by atoms with van der Waals surface area (Å²) >= 11 is 0. The summed E-state index contributed by atoms with van der Waals surface area (Å²) < 4.78 is 39.9. The van der Waals surface area contributed by atoms with Crippen molar-refractivity contribution in [1.29, 1.82) is 0 Å². The van der Waals surface area contributed by atoms with Gasteiger partial charge < -0.3 is 14.4 Å². The second-order valence-corrected chi connectivity index (χ2v) is 5.87. The first-order valence-corrected chi connectivity index (χ1v) is 8.12. The molecule has 1 aromatic heterocycles. The third-order valence-corrected chi connectivity index (χ3v) is 4.34. The first-order chi connectivity index (χ1) is 11.9. The van der Waals surface area contributed by atoms with Gasteiger partial charge in [-0.05, 0) is 31.2 Å². The van der Waals surface area contributed by atoms with E-state index in [2.05, 4.69) is 9.88 Å². The average Bonchev–Trinajstić information content (AvgIpc) is 3.09. The quantitative estimate of drug-likeness (QED) is 0.853. The van der Waals surface area contributed by atoms with Crippen LogP contribution in [0.25, 0.3) is 0 Å². The number of aryl methyl sites for hydroxylation is 1. The van der Waals surface area contributed by atoms with Crippen LogP contribution in [-0.4, -0.2) is 46.5 Å². The van der Waals surface area contributed by atoms with Crippen molar-refractivity contribution in [2.45, 2.75) is 19.6 Å². The van der Waals surface area contributed by atoms with E-state index >= 15 is 0 Å². The minimum Gasteiger partial charge on any atom is -0.339 e. The molecule has 0 unspecified atom stereocenters. The number of benzene rings is 1. The highest BCUT2D eigenvalue weighted by Crippen LogP contribution is 2.29. The number of alkyl halides is 3. The van der Waals surface area contributed by atoms with E-state index in [0.29, 0.717) is 26.2 Å². The number of hydrogen-bond donors (Lipinski definition) is 0. The van der Waals surface area contributed by atoms with E-state index in [0.717, 1.165) is 24.6 Å². The van der Waals surface area contributed by atoms with Crippen LogP contribution in [0.2, 0.25) is 0 Å². The van der Waals surface area contributed by atoms with Crippen LogP contribution in [0.4, 0.5) is 19.1 Å². The predicted molar refractivity (Wildman–Crippen MR) is 87.5 cm³/mol. The molecule has 1 amide bonds. The number of hydrogen-bond acceptors (Lipinski definition) is 3. The maximum Gasteiger partial charge on any atom is 0.416 e. The highest BCUT2D eigenvalue weighted by Gasteiger charge is 2.31. The van der Waals surface area contributed by atoms with Crippen LogP contribution < -0.4 is 4.90 Å². The van der Waals surface area contributed by atoms with Crippen LogP contribution in [0, 0.1) is 0 Å². The van der Waals surface area contributed by atoms with Crippen molar-refractivity contribution in [2.24, 2.45) is 0 Å². The van der Waals surface area contributed by atoms with E-state index < -0.39 is 11.7 Å². The number of halogens is 3. The Morgan fingerprint density at radius 2 is 1.76 bits per heavy atom. The summed E-state index contributed by atoms with van der Waals surface area (Å²) in [7, 11) is 0. The van der Waals surface area contributed by atoms with Crippen LogP contribution >= 0.6 is 0 Å². The lowest BCUT2D eigenvalue weighted by Crippen LogP contribution is -2.49. The van der Waals surface area contributed by atoms with Crippen LogP contribution in [-0.2, 0) is 12.7 Å². The first-order valence-electron chi connectivity index (χ1n) is 8.12. The van der Waals surface area contributed by atoms with Gasteiger partial charge in [0.2, 0.25) is 5.95 Å². The summed E-state index contributed by atoms with van der Waals surface area (Å²) in [4.78, 5) is 20.6. The monoisotopic (exact) mass is 352 g/mol. The topological polar surface area (TPSA) is 41.4 Å². The Kier molecular flexibility index (Phi) is 4.69. The second-order valence-electron chi connectivity index (χ2n) is 5.87. The molecule has 1 aromatic carbocycles. The van der Waals surface area contributed by atoms with Gasteiger partial charge in [0, 0.05) is 50.7 Å². The number of anilines is 1. The zero-order valence-corrected chi connectivity index (χ0v) is 13.8. The lowest BCUT2D eigenvalue weighted by molar-refractivity contribution is -0.137. The van der Waals surface area contributed by atoms with Gasteiger partial charge in [0.05, 0.1) is 5.56 Å². The summed E-state index contributed by atoms with van der Waals surface area (Å²) in [6, 6.07) is 4.37. The van der Waals surface area contributed by atoms with E-state index in [-0.39, 0.29) is 11.5 Å². The van der Waals surface area contributed by atoms with Gasteiger partial charge in [-0.2, -0.15) is 13.2 Å². The maximum atomic E-state index is 12.6. The number of imidazole rings is 1. The number of rotatable bonds is 3. The van der Waals surface area contributed by atoms with Crippen LogP contribution in [0.15, 0.2) is 36.7 Å². The molecule has 1 saturated heterocycles. The minimum atomic E-state index is -4.39. The van der Waals surface area contributed by atoms with Crippen molar-refractivity contribution in [2.75, 3.05) is 31.1 Å². The summed E-state index contributed by atoms with van der Waals surface area (Å²) in [5.41, 5.74) is -0.475. The van der Waals surface area contributed by atoms with Gasteiger partial charge in [-0.25, -0.2) is 4.98 Å². The fourth-order valence-corrected chi connectivity index (χ4v) is 2.93. The second kappa shape index (κ2) is 6.78. The van der Waals surface area contributed by atoms with Gasteiger partial charge >= 0.3 is 6.18 Å². The molecule has 3 rings (SSSR count). The molecule has 5 nitrogen and oxygen atoms in total. The summed E-state index contributed by atoms with van der Waals surface area (Å²) in [5, 5.41) is 0. The van der Waals surface area contributed by atoms with Crippen molar-refractivity contribution in [3.05, 3.63) is 47.8 Å². The summed E-state index contributed by atoms with van der Waals surface area (Å²) in [6.45, 7) is 5.16. The Labute approximate surface area is 143 Å². The van der Waals surface area contributed by atoms with E-state index in [4.69, 9.17) is 0 Å². The number of aromatic nitrogens is 2. The molecule has 0 radical (unpaired) electrons. The summed E-state index contributed by atoms with van der Waals surface area (Å²) in [6.07, 6.45) is -0.734. The smallest absolute Gasteiger partial charge is 0.339 e. The lowest BCUT2D eigenvalue weighted by Gasteiger charge is -2.35. The van der Waals surface area contributed by atoms with Crippen LogP contribution in [0.5, 0.6) is 0 Å². The molecule has 0 bridgehead atoms. The maximum absolute atomic E-state index is 12.6. The zero-order valence-electron chi connectivity index (χ0n) is 13.8. The van der Waals surface area contributed by atoms with Gasteiger partial charge in [0.15, 0.2) is 0 Å². The molecule has 0 aliphatic carbocycles. The van der Waals surface area contributed by atoms with Crippen molar-refractivity contribution in [1.82, 2.24) is 14.5 Å². The largest absolute Gasteiger partial charge is 0.416 e. The highest BCUT2D eigenvalue weighted by atomic mass is 19.4. The molecular weight excluding hydrogens is 333 g/mol. The number of carbonyl (C=O) groups is 1. The van der Waals surface area contributed by atoms with Gasteiger partial charge in [0.1, 0.15) is 0 Å². The fraction of sp³-hybridized carbons (Fsp3) is 0.412. The highest BCUT2D eigenvalue weighted by molar-refractivity contribution is 5.94. The third-order valence-electron chi connectivity index (χ3n) is 4.34. The SMILES string of the molecule is CCn1ccnc1N1CCN(C(=O)c2ccc(C(F)(F)F)cc2)CC1. The predicted octanol–water partition coefficient (Wildman–Crippen LogP) is 2.88. The van der Waals surface area contributed by atoms with E-state index in [1.165, 1.54) is 12.1 Å².